The number of carbonyl (C=O) groups is 1. The van der Waals surface area contributed by atoms with Gasteiger partial charge in [-0.1, -0.05) is 55.5 Å². The lowest BCUT2D eigenvalue weighted by Gasteiger charge is -2.13. The third-order valence-electron chi connectivity index (χ3n) is 5.44. The van der Waals surface area contributed by atoms with Crippen LogP contribution in [0.1, 0.15) is 53.9 Å². The largest absolute Gasteiger partial charge is 0.464 e. The third-order valence-corrected chi connectivity index (χ3v) is 5.44. The maximum absolute atomic E-state index is 12.5. The van der Waals surface area contributed by atoms with Crippen molar-refractivity contribution >= 4 is 5.97 Å². The average molecular weight is 447 g/mol. The molecular formula is C24H26N6O3. The molecule has 0 amide bonds. The van der Waals surface area contributed by atoms with Gasteiger partial charge in [-0.05, 0) is 35.2 Å². The van der Waals surface area contributed by atoms with Crippen molar-refractivity contribution in [3.05, 3.63) is 71.3 Å². The molecule has 0 aliphatic carbocycles. The molecule has 4 rings (SSSR count). The number of aromatic nitrogens is 6. The molecule has 170 valence electrons. The maximum Gasteiger partial charge on any atom is 0.356 e. The van der Waals surface area contributed by atoms with E-state index < -0.39 is 12.1 Å². The molecule has 9 nitrogen and oxygen atoms in total. The van der Waals surface area contributed by atoms with Crippen LogP contribution in [0.25, 0.3) is 22.5 Å². The van der Waals surface area contributed by atoms with Crippen LogP contribution in [-0.2, 0) is 17.7 Å². The van der Waals surface area contributed by atoms with Gasteiger partial charge < -0.3 is 14.4 Å². The predicted molar refractivity (Wildman–Crippen MR) is 122 cm³/mol. The summed E-state index contributed by atoms with van der Waals surface area (Å²) in [6, 6.07) is 16.0. The molecule has 9 heteroatoms. The molecule has 0 saturated carbocycles. The fraction of sp³-hybridized carbons (Fsp3) is 0.292. The number of benzene rings is 2. The van der Waals surface area contributed by atoms with Crippen molar-refractivity contribution in [1.82, 2.24) is 30.2 Å². The van der Waals surface area contributed by atoms with E-state index in [0.29, 0.717) is 30.2 Å². The quantitative estimate of drug-likeness (QED) is 0.397. The Hall–Kier alpha value is -3.85. The molecule has 0 aliphatic heterocycles. The highest BCUT2D eigenvalue weighted by molar-refractivity contribution is 5.89. The molecule has 0 aliphatic rings. The fourth-order valence-corrected chi connectivity index (χ4v) is 3.89. The molecule has 0 radical (unpaired) electrons. The molecular weight excluding hydrogens is 420 g/mol. The van der Waals surface area contributed by atoms with Crippen LogP contribution < -0.4 is 0 Å². The normalized spacial score (nSPS) is 12.0. The minimum atomic E-state index is -0.875. The van der Waals surface area contributed by atoms with Gasteiger partial charge in [-0.15, -0.1) is 10.2 Å². The van der Waals surface area contributed by atoms with Crippen molar-refractivity contribution in [2.24, 2.45) is 0 Å². The van der Waals surface area contributed by atoms with E-state index in [0.717, 1.165) is 34.5 Å². The summed E-state index contributed by atoms with van der Waals surface area (Å²) in [5, 5.41) is 24.5. The summed E-state index contributed by atoms with van der Waals surface area (Å²) in [5.41, 5.74) is 4.52. The van der Waals surface area contributed by atoms with Crippen molar-refractivity contribution in [2.45, 2.75) is 39.3 Å². The number of aliphatic hydroxyl groups is 1. The molecule has 2 heterocycles. The molecule has 2 N–H and O–H groups in total. The summed E-state index contributed by atoms with van der Waals surface area (Å²) in [6.07, 6.45) is 0.676. The second-order valence-electron chi connectivity index (χ2n) is 7.74. The van der Waals surface area contributed by atoms with Crippen molar-refractivity contribution in [3.8, 4) is 22.5 Å². The molecule has 0 saturated heterocycles. The Morgan fingerprint density at radius 1 is 1.15 bits per heavy atom. The van der Waals surface area contributed by atoms with Crippen LogP contribution in [0.15, 0.2) is 48.5 Å². The summed E-state index contributed by atoms with van der Waals surface area (Å²) in [7, 11) is 1.33. The molecule has 0 fully saturated rings. The number of nitrogens with one attached hydrogen (secondary N) is 1. The van der Waals surface area contributed by atoms with Crippen LogP contribution in [0.2, 0.25) is 0 Å². The van der Waals surface area contributed by atoms with E-state index in [9.17, 15) is 9.90 Å². The van der Waals surface area contributed by atoms with Gasteiger partial charge >= 0.3 is 5.97 Å². The van der Waals surface area contributed by atoms with Crippen molar-refractivity contribution in [3.63, 3.8) is 0 Å². The molecule has 33 heavy (non-hydrogen) atoms. The minimum Gasteiger partial charge on any atom is -0.464 e. The van der Waals surface area contributed by atoms with E-state index in [-0.39, 0.29) is 0 Å². The number of tetrazole rings is 1. The molecule has 2 aromatic heterocycles. The van der Waals surface area contributed by atoms with Gasteiger partial charge in [-0.25, -0.2) is 9.78 Å². The van der Waals surface area contributed by atoms with Crippen LogP contribution in [0.5, 0.6) is 0 Å². The number of hydrogen-bond acceptors (Lipinski definition) is 7. The molecule has 0 spiro atoms. The first-order valence-corrected chi connectivity index (χ1v) is 10.8. The summed E-state index contributed by atoms with van der Waals surface area (Å²) < 4.78 is 6.84. The highest BCUT2D eigenvalue weighted by Crippen LogP contribution is 2.30. The Balaban J connectivity index is 1.69. The fourth-order valence-electron chi connectivity index (χ4n) is 3.89. The SMILES string of the molecule is CCCc1nc(C(C)O)c(C(=O)OC)n1Cc1ccc(-c2ccccc2-c2nn[nH]n2)cc1. The van der Waals surface area contributed by atoms with E-state index in [2.05, 4.69) is 32.5 Å². The lowest BCUT2D eigenvalue weighted by atomic mass is 9.98. The first kappa shape index (κ1) is 22.3. The van der Waals surface area contributed by atoms with Crippen LogP contribution in [-0.4, -0.2) is 48.4 Å². The third kappa shape index (κ3) is 4.54. The number of imidazole rings is 1. The molecule has 1 atom stereocenters. The molecule has 4 aromatic rings. The van der Waals surface area contributed by atoms with Crippen molar-refractivity contribution in [2.75, 3.05) is 7.11 Å². The number of esters is 1. The van der Waals surface area contributed by atoms with Crippen molar-refractivity contribution in [1.29, 1.82) is 0 Å². The number of carbonyl (C=O) groups excluding carboxylic acids is 1. The zero-order chi connectivity index (χ0) is 23.4. The smallest absolute Gasteiger partial charge is 0.356 e. The Labute approximate surface area is 191 Å². The molecule has 2 aromatic carbocycles. The number of aliphatic hydroxyl groups excluding tert-OH is 1. The number of aromatic amines is 1. The van der Waals surface area contributed by atoms with E-state index in [4.69, 9.17) is 4.74 Å². The van der Waals surface area contributed by atoms with Gasteiger partial charge in [-0.3, -0.25) is 0 Å². The topological polar surface area (TPSA) is 119 Å². The summed E-state index contributed by atoms with van der Waals surface area (Å²) in [4.78, 5) is 17.1. The Morgan fingerprint density at radius 3 is 2.48 bits per heavy atom. The lowest BCUT2D eigenvalue weighted by Crippen LogP contribution is -2.16. The number of ether oxygens (including phenoxy) is 1. The van der Waals surface area contributed by atoms with Gasteiger partial charge in [0, 0.05) is 18.5 Å². The first-order valence-electron chi connectivity index (χ1n) is 10.8. The maximum atomic E-state index is 12.5. The zero-order valence-corrected chi connectivity index (χ0v) is 18.8. The number of methoxy groups -OCH3 is 1. The van der Waals surface area contributed by atoms with Gasteiger partial charge in [0.2, 0.25) is 5.82 Å². The van der Waals surface area contributed by atoms with Gasteiger partial charge in [0.05, 0.1) is 13.2 Å². The van der Waals surface area contributed by atoms with Crippen LogP contribution >= 0.6 is 0 Å². The highest BCUT2D eigenvalue weighted by atomic mass is 16.5. The molecule has 1 unspecified atom stereocenters. The highest BCUT2D eigenvalue weighted by Gasteiger charge is 2.26. The Bertz CT molecular complexity index is 1230. The van der Waals surface area contributed by atoms with Gasteiger partial charge in [0.25, 0.3) is 0 Å². The second-order valence-corrected chi connectivity index (χ2v) is 7.74. The molecule has 0 bridgehead atoms. The van der Waals surface area contributed by atoms with Crippen molar-refractivity contribution < 1.29 is 14.6 Å². The number of aryl methyl sites for hydroxylation is 1. The number of hydrogen-bond donors (Lipinski definition) is 2. The summed E-state index contributed by atoms with van der Waals surface area (Å²) in [6.45, 7) is 4.09. The Morgan fingerprint density at radius 2 is 1.88 bits per heavy atom. The number of rotatable bonds is 8. The first-order chi connectivity index (χ1) is 16.0. The minimum absolute atomic E-state index is 0.294. The predicted octanol–water partition coefficient (Wildman–Crippen LogP) is 3.57. The van der Waals surface area contributed by atoms with E-state index in [1.165, 1.54) is 7.11 Å². The van der Waals surface area contributed by atoms with Crippen LogP contribution in [0.4, 0.5) is 0 Å². The standard InChI is InChI=1S/C24H26N6O3/c1-4-7-20-25-21(15(2)31)22(24(32)33-3)30(20)14-16-10-12-17(13-11-16)18-8-5-6-9-19(18)23-26-28-29-27-23/h5-6,8-13,15,31H,4,7,14H2,1-3H3,(H,26,27,28,29). The zero-order valence-electron chi connectivity index (χ0n) is 18.8. The average Bonchev–Trinajstić information content (AvgIpc) is 3.48. The van der Waals surface area contributed by atoms with E-state index >= 15 is 0 Å². The van der Waals surface area contributed by atoms with E-state index in [1.807, 2.05) is 53.1 Å². The monoisotopic (exact) mass is 446 g/mol. The van der Waals surface area contributed by atoms with Gasteiger partial charge in [0.1, 0.15) is 11.5 Å². The Kier molecular flexibility index (Phi) is 6.60. The van der Waals surface area contributed by atoms with Crippen LogP contribution in [0.3, 0.4) is 0 Å². The van der Waals surface area contributed by atoms with Gasteiger partial charge in [0.15, 0.2) is 5.69 Å². The van der Waals surface area contributed by atoms with Gasteiger partial charge in [-0.2, -0.15) is 5.21 Å². The lowest BCUT2D eigenvalue weighted by molar-refractivity contribution is 0.0581. The van der Waals surface area contributed by atoms with E-state index in [1.54, 1.807) is 6.92 Å². The summed E-state index contributed by atoms with van der Waals surface area (Å²) in [5.74, 6) is 0.775. The number of H-pyrrole nitrogens is 1. The summed E-state index contributed by atoms with van der Waals surface area (Å²) >= 11 is 0. The van der Waals surface area contributed by atoms with Crippen LogP contribution in [0, 0.1) is 0 Å². The number of nitrogens with zero attached hydrogens (tertiary/aromatic N) is 5. The second kappa shape index (κ2) is 9.74.